The molecule has 178 valence electrons. The molecular weight excluding hydrogens is 430 g/mol. The smallest absolute Gasteiger partial charge is 0.252 e. The number of carbonyl (C=O) groups excluding carboxylic acids is 1. The van der Waals surface area contributed by atoms with E-state index in [-0.39, 0.29) is 29.3 Å². The number of nitrogens with one attached hydrogen (secondary N) is 2. The van der Waals surface area contributed by atoms with Crippen LogP contribution in [0.4, 0.5) is 31.9 Å². The number of carbonyl (C=O) groups is 1. The molecular formula is C22H30F2N8O. The maximum absolute atomic E-state index is 14.9. The molecule has 0 unspecified atom stereocenters. The summed E-state index contributed by atoms with van der Waals surface area (Å²) in [5, 5.41) is 10.8. The lowest BCUT2D eigenvalue weighted by molar-refractivity contribution is 0.100. The first-order valence-electron chi connectivity index (χ1n) is 10.7. The lowest BCUT2D eigenvalue weighted by atomic mass is 10.1. The Morgan fingerprint density at radius 3 is 2.48 bits per heavy atom. The molecule has 2 atom stereocenters. The lowest BCUT2D eigenvalue weighted by Crippen LogP contribution is -2.38. The third kappa shape index (κ3) is 4.98. The number of aromatic nitrogens is 3. The van der Waals surface area contributed by atoms with Gasteiger partial charge in [-0.1, -0.05) is 13.3 Å². The van der Waals surface area contributed by atoms with Crippen molar-refractivity contribution in [3.05, 3.63) is 35.4 Å². The van der Waals surface area contributed by atoms with Gasteiger partial charge in [-0.05, 0) is 31.5 Å². The Labute approximate surface area is 191 Å². The number of benzene rings is 1. The predicted molar refractivity (Wildman–Crippen MR) is 127 cm³/mol. The van der Waals surface area contributed by atoms with Gasteiger partial charge in [-0.3, -0.25) is 9.48 Å². The number of nitrogens with zero attached hydrogens (tertiary/aromatic N) is 4. The van der Waals surface area contributed by atoms with Gasteiger partial charge in [0, 0.05) is 44.3 Å². The minimum atomic E-state index is -0.871. The number of nitrogens with two attached hydrogens (primary N) is 2. The maximum atomic E-state index is 14.9. The highest BCUT2D eigenvalue weighted by Gasteiger charge is 2.21. The van der Waals surface area contributed by atoms with Gasteiger partial charge in [0.05, 0.1) is 5.56 Å². The van der Waals surface area contributed by atoms with E-state index in [4.69, 9.17) is 11.5 Å². The summed E-state index contributed by atoms with van der Waals surface area (Å²) in [5.41, 5.74) is 11.9. The van der Waals surface area contributed by atoms with Crippen LogP contribution in [0, 0.1) is 11.6 Å². The van der Waals surface area contributed by atoms with Crippen molar-refractivity contribution in [2.24, 2.45) is 18.5 Å². The second-order valence-electron chi connectivity index (χ2n) is 8.30. The molecule has 0 saturated carbocycles. The molecule has 0 spiro atoms. The summed E-state index contributed by atoms with van der Waals surface area (Å²) in [5.74, 6) is -1.63. The molecule has 33 heavy (non-hydrogen) atoms. The molecule has 2 heterocycles. The van der Waals surface area contributed by atoms with Gasteiger partial charge in [0.15, 0.2) is 23.3 Å². The number of aryl methyl sites for hydroxylation is 1. The molecule has 0 fully saturated rings. The molecule has 0 aliphatic carbocycles. The largest absolute Gasteiger partial charge is 0.365 e. The zero-order chi connectivity index (χ0) is 24.4. The van der Waals surface area contributed by atoms with Crippen molar-refractivity contribution in [2.75, 3.05) is 29.6 Å². The molecule has 0 radical (unpaired) electrons. The van der Waals surface area contributed by atoms with Gasteiger partial charge in [0.1, 0.15) is 11.3 Å². The number of halogens is 2. The number of amides is 1. The standard InChI is InChI=1S/C22H30F2N8O/c1-6-7-17(11(2)25)28-21-16(24)10-14(19(26)33)20(29-21)27-12-8-13-18(15(23)9-12)32(5)30-22(13)31(3)4/h8-11,17H,6-7,25H2,1-5H3,(H2,26,33)(H2,27,28,29)/t11-,17+/m0/s1. The average Bonchev–Trinajstić information content (AvgIpc) is 3.06. The molecule has 0 saturated heterocycles. The number of primary amides is 1. The number of pyridine rings is 1. The van der Waals surface area contributed by atoms with Gasteiger partial charge in [-0.15, -0.1) is 0 Å². The second kappa shape index (κ2) is 9.57. The van der Waals surface area contributed by atoms with E-state index in [1.54, 1.807) is 32.1 Å². The Hall–Kier alpha value is -3.47. The zero-order valence-corrected chi connectivity index (χ0v) is 19.4. The molecule has 1 aromatic carbocycles. The van der Waals surface area contributed by atoms with E-state index in [9.17, 15) is 13.6 Å². The van der Waals surface area contributed by atoms with Crippen LogP contribution in [0.15, 0.2) is 18.2 Å². The average molecular weight is 461 g/mol. The first kappa shape index (κ1) is 24.2. The molecule has 11 heteroatoms. The fourth-order valence-electron chi connectivity index (χ4n) is 3.71. The van der Waals surface area contributed by atoms with Crippen LogP contribution >= 0.6 is 0 Å². The predicted octanol–water partition coefficient (Wildman–Crippen LogP) is 3.08. The fraction of sp³-hybridized carbons (Fsp3) is 0.409. The first-order valence-corrected chi connectivity index (χ1v) is 10.7. The number of rotatable bonds is 9. The maximum Gasteiger partial charge on any atom is 0.252 e. The van der Waals surface area contributed by atoms with Gasteiger partial charge in [0.25, 0.3) is 5.91 Å². The number of hydrogen-bond donors (Lipinski definition) is 4. The normalized spacial score (nSPS) is 13.1. The second-order valence-corrected chi connectivity index (χ2v) is 8.30. The van der Waals surface area contributed by atoms with E-state index in [2.05, 4.69) is 20.7 Å². The van der Waals surface area contributed by atoms with E-state index >= 15 is 0 Å². The molecule has 6 N–H and O–H groups in total. The Balaban J connectivity index is 2.07. The van der Waals surface area contributed by atoms with E-state index in [0.29, 0.717) is 28.8 Å². The van der Waals surface area contributed by atoms with Gasteiger partial charge in [-0.2, -0.15) is 5.10 Å². The number of hydrogen-bond acceptors (Lipinski definition) is 7. The van der Waals surface area contributed by atoms with Crippen LogP contribution in [-0.4, -0.2) is 46.9 Å². The van der Waals surface area contributed by atoms with Crippen molar-refractivity contribution in [3.8, 4) is 0 Å². The van der Waals surface area contributed by atoms with Crippen LogP contribution in [0.2, 0.25) is 0 Å². The van der Waals surface area contributed by atoms with Crippen LogP contribution in [0.3, 0.4) is 0 Å². The molecule has 3 rings (SSSR count). The summed E-state index contributed by atoms with van der Waals surface area (Å²) < 4.78 is 31.1. The Bertz CT molecular complexity index is 1180. The molecule has 0 bridgehead atoms. The lowest BCUT2D eigenvalue weighted by Gasteiger charge is -2.23. The zero-order valence-electron chi connectivity index (χ0n) is 19.4. The molecule has 1 amide bonds. The van der Waals surface area contributed by atoms with Crippen molar-refractivity contribution in [2.45, 2.75) is 38.8 Å². The summed E-state index contributed by atoms with van der Waals surface area (Å²) in [6, 6.07) is 3.47. The van der Waals surface area contributed by atoms with Crippen molar-refractivity contribution < 1.29 is 13.6 Å². The third-order valence-electron chi connectivity index (χ3n) is 5.36. The van der Waals surface area contributed by atoms with E-state index < -0.39 is 17.5 Å². The molecule has 0 aliphatic rings. The highest BCUT2D eigenvalue weighted by Crippen LogP contribution is 2.32. The Morgan fingerprint density at radius 1 is 1.21 bits per heavy atom. The summed E-state index contributed by atoms with van der Waals surface area (Å²) in [7, 11) is 5.26. The van der Waals surface area contributed by atoms with Crippen LogP contribution in [0.5, 0.6) is 0 Å². The van der Waals surface area contributed by atoms with Crippen LogP contribution in [0.25, 0.3) is 10.9 Å². The third-order valence-corrected chi connectivity index (χ3v) is 5.36. The fourth-order valence-corrected chi connectivity index (χ4v) is 3.71. The summed E-state index contributed by atoms with van der Waals surface area (Å²) in [6.07, 6.45) is 1.54. The summed E-state index contributed by atoms with van der Waals surface area (Å²) >= 11 is 0. The van der Waals surface area contributed by atoms with Crippen LogP contribution in [0.1, 0.15) is 37.0 Å². The summed E-state index contributed by atoms with van der Waals surface area (Å²) in [4.78, 5) is 18.0. The topological polar surface area (TPSA) is 127 Å². The molecule has 9 nitrogen and oxygen atoms in total. The first-order chi connectivity index (χ1) is 15.5. The van der Waals surface area contributed by atoms with Gasteiger partial charge in [-0.25, -0.2) is 13.8 Å². The number of fused-ring (bicyclic) bond motifs is 1. The monoisotopic (exact) mass is 460 g/mol. The molecule has 2 aromatic heterocycles. The summed E-state index contributed by atoms with van der Waals surface area (Å²) in [6.45, 7) is 3.81. The highest BCUT2D eigenvalue weighted by molar-refractivity contribution is 5.99. The molecule has 3 aromatic rings. The van der Waals surface area contributed by atoms with Crippen molar-refractivity contribution in [1.29, 1.82) is 0 Å². The van der Waals surface area contributed by atoms with Crippen molar-refractivity contribution in [1.82, 2.24) is 14.8 Å². The highest BCUT2D eigenvalue weighted by atomic mass is 19.1. The SMILES string of the molecule is CCC[C@@H](Nc1nc(Nc2cc(F)c3c(c2)c(N(C)C)nn3C)c(C(N)=O)cc1F)[C@H](C)N. The van der Waals surface area contributed by atoms with Crippen molar-refractivity contribution in [3.63, 3.8) is 0 Å². The van der Waals surface area contributed by atoms with Crippen LogP contribution < -0.4 is 27.0 Å². The quantitative estimate of drug-likeness (QED) is 0.386. The Morgan fingerprint density at radius 2 is 1.91 bits per heavy atom. The number of anilines is 4. The van der Waals surface area contributed by atoms with Crippen LogP contribution in [-0.2, 0) is 7.05 Å². The van der Waals surface area contributed by atoms with E-state index in [1.807, 2.05) is 13.8 Å². The van der Waals surface area contributed by atoms with Gasteiger partial charge >= 0.3 is 0 Å². The minimum Gasteiger partial charge on any atom is -0.365 e. The van der Waals surface area contributed by atoms with Gasteiger partial charge in [0.2, 0.25) is 0 Å². The van der Waals surface area contributed by atoms with E-state index in [1.165, 1.54) is 10.7 Å². The Kier molecular flexibility index (Phi) is 7.01. The minimum absolute atomic E-state index is 0.000339. The van der Waals surface area contributed by atoms with Gasteiger partial charge < -0.3 is 27.0 Å². The molecule has 0 aliphatic heterocycles. The van der Waals surface area contributed by atoms with E-state index in [0.717, 1.165) is 12.5 Å². The van der Waals surface area contributed by atoms with Crippen molar-refractivity contribution >= 4 is 40.0 Å².